The average molecular weight is 277 g/mol. The van der Waals surface area contributed by atoms with Gasteiger partial charge in [0.25, 0.3) is 0 Å². The van der Waals surface area contributed by atoms with Gasteiger partial charge in [-0.25, -0.2) is 0 Å². The molecule has 2 aromatic rings. The molecule has 0 bridgehead atoms. The van der Waals surface area contributed by atoms with E-state index >= 15 is 0 Å². The van der Waals surface area contributed by atoms with Gasteiger partial charge in [0.15, 0.2) is 6.29 Å². The summed E-state index contributed by atoms with van der Waals surface area (Å²) in [5, 5.41) is 5.04. The smallest absolute Gasteiger partial charge is 0.151 e. The molecule has 19 heavy (non-hydrogen) atoms. The lowest BCUT2D eigenvalue weighted by Crippen LogP contribution is -1.97. The van der Waals surface area contributed by atoms with Crippen LogP contribution in [0.15, 0.2) is 18.2 Å². The lowest BCUT2D eigenvalue weighted by molar-refractivity contribution is 0.112. The molecule has 0 aliphatic rings. The molecular formula is C15H17ClN2O. The van der Waals surface area contributed by atoms with E-state index in [0.717, 1.165) is 35.9 Å². The molecule has 1 heterocycles. The predicted octanol–water partition coefficient (Wildman–Crippen LogP) is 3.68. The highest BCUT2D eigenvalue weighted by Crippen LogP contribution is 2.31. The maximum atomic E-state index is 10.8. The summed E-state index contributed by atoms with van der Waals surface area (Å²) in [6, 6.07) is 5.54. The van der Waals surface area contributed by atoms with Crippen LogP contribution in [0.4, 0.5) is 0 Å². The van der Waals surface area contributed by atoms with Crippen LogP contribution < -0.4 is 0 Å². The van der Waals surface area contributed by atoms with Crippen molar-refractivity contribution in [3.05, 3.63) is 40.2 Å². The van der Waals surface area contributed by atoms with Crippen molar-refractivity contribution >= 4 is 17.9 Å². The van der Waals surface area contributed by atoms with Gasteiger partial charge in [-0.3, -0.25) is 9.48 Å². The van der Waals surface area contributed by atoms with Gasteiger partial charge < -0.3 is 0 Å². The van der Waals surface area contributed by atoms with Gasteiger partial charge in [-0.1, -0.05) is 31.5 Å². The molecule has 0 aliphatic heterocycles. The number of hydrogen-bond donors (Lipinski definition) is 0. The highest BCUT2D eigenvalue weighted by atomic mass is 35.5. The van der Waals surface area contributed by atoms with E-state index in [9.17, 15) is 4.79 Å². The van der Waals surface area contributed by atoms with Gasteiger partial charge in [-0.05, 0) is 30.5 Å². The van der Waals surface area contributed by atoms with Gasteiger partial charge in [0, 0.05) is 23.9 Å². The molecule has 0 spiro atoms. The Morgan fingerprint density at radius 2 is 2.05 bits per heavy atom. The van der Waals surface area contributed by atoms with Crippen molar-refractivity contribution in [2.75, 3.05) is 0 Å². The Hall–Kier alpha value is -1.61. The second-order valence-corrected chi connectivity index (χ2v) is 4.86. The highest BCUT2D eigenvalue weighted by molar-refractivity contribution is 6.33. The zero-order valence-corrected chi connectivity index (χ0v) is 12.2. The van der Waals surface area contributed by atoms with Gasteiger partial charge in [0.05, 0.1) is 10.7 Å². The molecule has 0 N–H and O–H groups in total. The summed E-state index contributed by atoms with van der Waals surface area (Å²) in [5.41, 5.74) is 4.94. The van der Waals surface area contributed by atoms with Gasteiger partial charge in [0.1, 0.15) is 0 Å². The fraction of sp³-hybridized carbons (Fsp3) is 0.333. The maximum Gasteiger partial charge on any atom is 0.151 e. The van der Waals surface area contributed by atoms with E-state index in [1.54, 1.807) is 6.07 Å². The minimum atomic E-state index is 0.487. The molecule has 3 nitrogen and oxygen atoms in total. The molecule has 0 saturated heterocycles. The number of hydrogen-bond acceptors (Lipinski definition) is 2. The first kappa shape index (κ1) is 13.8. The number of aldehydes is 1. The summed E-state index contributed by atoms with van der Waals surface area (Å²) in [7, 11) is 1.96. The summed E-state index contributed by atoms with van der Waals surface area (Å²) < 4.78 is 1.93. The van der Waals surface area contributed by atoms with E-state index in [4.69, 9.17) is 11.6 Å². The number of carbonyl (C=O) groups is 1. The number of nitrogens with zero attached hydrogens (tertiary/aromatic N) is 2. The third-order valence-corrected chi connectivity index (χ3v) is 3.65. The molecule has 1 aromatic carbocycles. The molecular weight excluding hydrogens is 260 g/mol. The summed E-state index contributed by atoms with van der Waals surface area (Å²) in [4.78, 5) is 10.8. The number of rotatable bonds is 4. The first-order chi connectivity index (χ1) is 9.12. The quantitative estimate of drug-likeness (QED) is 0.799. The molecule has 0 unspecified atom stereocenters. The largest absolute Gasteiger partial charge is 0.298 e. The second kappa shape index (κ2) is 5.57. The summed E-state index contributed by atoms with van der Waals surface area (Å²) in [5.74, 6) is 0. The van der Waals surface area contributed by atoms with Crippen molar-refractivity contribution in [2.24, 2.45) is 7.05 Å². The summed E-state index contributed by atoms with van der Waals surface area (Å²) >= 11 is 6.12. The monoisotopic (exact) mass is 276 g/mol. The fourth-order valence-corrected chi connectivity index (χ4v) is 2.61. The zero-order chi connectivity index (χ0) is 14.0. The Morgan fingerprint density at radius 1 is 1.32 bits per heavy atom. The Morgan fingerprint density at radius 3 is 2.58 bits per heavy atom. The molecule has 1 aromatic heterocycles. The molecule has 0 fully saturated rings. The van der Waals surface area contributed by atoms with Crippen molar-refractivity contribution in [2.45, 2.75) is 26.7 Å². The second-order valence-electron chi connectivity index (χ2n) is 4.45. The first-order valence-corrected chi connectivity index (χ1v) is 6.80. The number of benzene rings is 1. The van der Waals surface area contributed by atoms with E-state index in [1.807, 2.05) is 23.9 Å². The third kappa shape index (κ3) is 2.43. The number of aryl methyl sites for hydroxylation is 2. The highest BCUT2D eigenvalue weighted by Gasteiger charge is 2.16. The Kier molecular flexibility index (Phi) is 4.05. The van der Waals surface area contributed by atoms with Gasteiger partial charge >= 0.3 is 0 Å². The van der Waals surface area contributed by atoms with Crippen molar-refractivity contribution in [1.29, 1.82) is 0 Å². The first-order valence-electron chi connectivity index (χ1n) is 6.42. The SMILES string of the molecule is CCc1nn(C)c(CC)c1-c1ccc(C=O)c(Cl)c1. The van der Waals surface area contributed by atoms with Crippen LogP contribution in [0.2, 0.25) is 5.02 Å². The minimum absolute atomic E-state index is 0.487. The Balaban J connectivity index is 2.63. The molecule has 0 atom stereocenters. The van der Waals surface area contributed by atoms with Crippen molar-refractivity contribution < 1.29 is 4.79 Å². The van der Waals surface area contributed by atoms with Crippen LogP contribution in [0.5, 0.6) is 0 Å². The fourth-order valence-electron chi connectivity index (χ4n) is 2.38. The van der Waals surface area contributed by atoms with E-state index in [0.29, 0.717) is 10.6 Å². The number of halogens is 1. The van der Waals surface area contributed by atoms with Crippen LogP contribution in [0, 0.1) is 0 Å². The maximum absolute atomic E-state index is 10.8. The zero-order valence-electron chi connectivity index (χ0n) is 11.4. The van der Waals surface area contributed by atoms with Crippen LogP contribution in [0.3, 0.4) is 0 Å². The predicted molar refractivity (Wildman–Crippen MR) is 77.8 cm³/mol. The summed E-state index contributed by atoms with van der Waals surface area (Å²) in [6.45, 7) is 4.20. The number of aromatic nitrogens is 2. The van der Waals surface area contributed by atoms with E-state index in [2.05, 4.69) is 18.9 Å². The van der Waals surface area contributed by atoms with Crippen molar-refractivity contribution in [1.82, 2.24) is 9.78 Å². The van der Waals surface area contributed by atoms with E-state index in [1.165, 1.54) is 5.69 Å². The minimum Gasteiger partial charge on any atom is -0.298 e. The Bertz CT molecular complexity index is 617. The molecule has 4 heteroatoms. The standard InChI is InChI=1S/C15H17ClN2O/c1-4-13-15(14(5-2)18(3)17-13)10-6-7-11(9-19)12(16)8-10/h6-9H,4-5H2,1-3H3. The Labute approximate surface area is 118 Å². The molecule has 0 radical (unpaired) electrons. The van der Waals surface area contributed by atoms with Gasteiger partial charge in [0.2, 0.25) is 0 Å². The lowest BCUT2D eigenvalue weighted by Gasteiger charge is -2.07. The van der Waals surface area contributed by atoms with Gasteiger partial charge in [-0.15, -0.1) is 0 Å². The van der Waals surface area contributed by atoms with Gasteiger partial charge in [-0.2, -0.15) is 5.10 Å². The van der Waals surface area contributed by atoms with Crippen molar-refractivity contribution in [3.8, 4) is 11.1 Å². The van der Waals surface area contributed by atoms with Crippen LogP contribution in [0.1, 0.15) is 35.6 Å². The van der Waals surface area contributed by atoms with Crippen molar-refractivity contribution in [3.63, 3.8) is 0 Å². The molecule has 100 valence electrons. The molecule has 0 aliphatic carbocycles. The van der Waals surface area contributed by atoms with E-state index in [-0.39, 0.29) is 0 Å². The molecule has 0 saturated carbocycles. The average Bonchev–Trinajstić information content (AvgIpc) is 2.74. The topological polar surface area (TPSA) is 34.9 Å². The van der Waals surface area contributed by atoms with E-state index < -0.39 is 0 Å². The van der Waals surface area contributed by atoms with Crippen LogP contribution in [-0.4, -0.2) is 16.1 Å². The summed E-state index contributed by atoms with van der Waals surface area (Å²) in [6.07, 6.45) is 2.55. The number of carbonyl (C=O) groups excluding carboxylic acids is 1. The normalized spacial score (nSPS) is 10.7. The lowest BCUT2D eigenvalue weighted by atomic mass is 9.99. The third-order valence-electron chi connectivity index (χ3n) is 3.32. The van der Waals surface area contributed by atoms with Crippen LogP contribution in [0.25, 0.3) is 11.1 Å². The van der Waals surface area contributed by atoms with Crippen LogP contribution >= 0.6 is 11.6 Å². The van der Waals surface area contributed by atoms with Crippen LogP contribution in [-0.2, 0) is 19.9 Å². The molecule has 0 amide bonds. The molecule has 2 rings (SSSR count).